The zero-order chi connectivity index (χ0) is 39.3. The summed E-state index contributed by atoms with van der Waals surface area (Å²) < 4.78 is 17.1. The van der Waals surface area contributed by atoms with Gasteiger partial charge in [-0.3, -0.25) is 9.59 Å². The van der Waals surface area contributed by atoms with Gasteiger partial charge in [0.05, 0.1) is 6.61 Å². The van der Waals surface area contributed by atoms with Crippen molar-refractivity contribution in [3.63, 3.8) is 0 Å². The van der Waals surface area contributed by atoms with Crippen molar-refractivity contribution in [2.45, 2.75) is 181 Å². The maximum atomic E-state index is 12.6. The largest absolute Gasteiger partial charge is 0.462 e. The van der Waals surface area contributed by atoms with Gasteiger partial charge in [-0.25, -0.2) is 0 Å². The van der Waals surface area contributed by atoms with Crippen molar-refractivity contribution in [2.24, 2.45) is 0 Å². The van der Waals surface area contributed by atoms with Crippen molar-refractivity contribution in [1.29, 1.82) is 0 Å². The Hall–Kier alpha value is -3.18. The van der Waals surface area contributed by atoms with Gasteiger partial charge in [-0.1, -0.05) is 163 Å². The van der Waals surface area contributed by atoms with Crippen LogP contribution in [0.1, 0.15) is 175 Å². The van der Waals surface area contributed by atoms with Crippen molar-refractivity contribution < 1.29 is 23.8 Å². The Morgan fingerprint density at radius 3 is 1.31 bits per heavy atom. The van der Waals surface area contributed by atoms with Gasteiger partial charge in [-0.15, -0.1) is 0 Å². The Balaban J connectivity index is 4.25. The summed E-state index contributed by atoms with van der Waals surface area (Å²) in [6, 6.07) is 0. The number of rotatable bonds is 38. The molecule has 0 rings (SSSR count). The Kier molecular flexibility index (Phi) is 41.6. The van der Waals surface area contributed by atoms with Gasteiger partial charge in [0.1, 0.15) is 6.61 Å². The van der Waals surface area contributed by atoms with E-state index < -0.39 is 6.10 Å². The van der Waals surface area contributed by atoms with E-state index in [-0.39, 0.29) is 25.2 Å². The number of allylic oxidation sites excluding steroid dienone is 16. The van der Waals surface area contributed by atoms with E-state index in [9.17, 15) is 9.59 Å². The summed E-state index contributed by atoms with van der Waals surface area (Å²) in [6.45, 7) is 7.46. The molecule has 0 radical (unpaired) electrons. The number of unbranched alkanes of at least 4 members (excludes halogenated alkanes) is 11. The second-order valence-electron chi connectivity index (χ2n) is 13.8. The van der Waals surface area contributed by atoms with Crippen LogP contribution in [0.25, 0.3) is 0 Å². The maximum absolute atomic E-state index is 12.6. The van der Waals surface area contributed by atoms with Crippen molar-refractivity contribution in [1.82, 2.24) is 0 Å². The van der Waals surface area contributed by atoms with Crippen molar-refractivity contribution >= 4 is 11.9 Å². The summed E-state index contributed by atoms with van der Waals surface area (Å²) in [7, 11) is 0. The van der Waals surface area contributed by atoms with Gasteiger partial charge in [0.2, 0.25) is 0 Å². The minimum absolute atomic E-state index is 0.0508. The van der Waals surface area contributed by atoms with E-state index in [4.69, 9.17) is 14.2 Å². The van der Waals surface area contributed by atoms with Crippen LogP contribution in [0.3, 0.4) is 0 Å². The number of hydrogen-bond acceptors (Lipinski definition) is 5. The summed E-state index contributed by atoms with van der Waals surface area (Å²) in [5, 5.41) is 0. The summed E-state index contributed by atoms with van der Waals surface area (Å²) in [5.41, 5.74) is 0. The fraction of sp³-hybridized carbons (Fsp3) is 0.633. The standard InChI is InChI=1S/C49H80O5/c1-4-7-10-13-16-18-20-22-23-24-25-26-27-29-30-32-34-36-39-42-48(50)53-46-47(45-52-44-41-38-15-12-9-6-3)54-49(51)43-40-37-35-33-31-28-21-19-17-14-11-8-5-2/h7-8,10-11,16-19,22-23,25-26,28-31,47H,4-6,9,12-15,20-21,24,27,32-46H2,1-3H3/b10-7-,11-8-,18-16-,19-17-,23-22-,26-25-,30-29-,31-28-. The molecule has 0 aliphatic rings. The van der Waals surface area contributed by atoms with Gasteiger partial charge in [-0.2, -0.15) is 0 Å². The van der Waals surface area contributed by atoms with E-state index >= 15 is 0 Å². The van der Waals surface area contributed by atoms with E-state index in [1.165, 1.54) is 25.7 Å². The molecule has 0 aliphatic carbocycles. The molecular formula is C49H80O5. The fourth-order valence-corrected chi connectivity index (χ4v) is 5.43. The minimum atomic E-state index is -0.565. The molecule has 0 heterocycles. The molecule has 0 aromatic heterocycles. The summed E-state index contributed by atoms with van der Waals surface area (Å²) in [6.07, 6.45) is 58.4. The second kappa shape index (κ2) is 44.2. The van der Waals surface area contributed by atoms with Crippen molar-refractivity contribution in [2.75, 3.05) is 19.8 Å². The first kappa shape index (κ1) is 50.8. The molecule has 0 saturated heterocycles. The summed E-state index contributed by atoms with van der Waals surface area (Å²) in [5.74, 6) is -0.481. The third-order valence-corrected chi connectivity index (χ3v) is 8.62. The number of carbonyl (C=O) groups excluding carboxylic acids is 2. The first-order valence-corrected chi connectivity index (χ1v) is 21.8. The molecule has 0 aromatic carbocycles. The monoisotopic (exact) mass is 749 g/mol. The van der Waals surface area contributed by atoms with Crippen LogP contribution in [0.2, 0.25) is 0 Å². The molecule has 0 bridgehead atoms. The van der Waals surface area contributed by atoms with Crippen molar-refractivity contribution in [3.8, 4) is 0 Å². The van der Waals surface area contributed by atoms with E-state index in [0.717, 1.165) is 116 Å². The molecule has 0 saturated carbocycles. The Morgan fingerprint density at radius 1 is 0.426 bits per heavy atom. The zero-order valence-electron chi connectivity index (χ0n) is 34.9. The number of carbonyl (C=O) groups is 2. The normalized spacial score (nSPS) is 13.2. The average Bonchev–Trinajstić information content (AvgIpc) is 3.17. The lowest BCUT2D eigenvalue weighted by Gasteiger charge is -2.18. The predicted molar refractivity (Wildman–Crippen MR) is 233 cm³/mol. The van der Waals surface area contributed by atoms with Crippen LogP contribution in [0.5, 0.6) is 0 Å². The highest BCUT2D eigenvalue weighted by molar-refractivity contribution is 5.70. The van der Waals surface area contributed by atoms with Gasteiger partial charge in [0.15, 0.2) is 6.10 Å². The van der Waals surface area contributed by atoms with Crippen LogP contribution in [-0.4, -0.2) is 37.9 Å². The van der Waals surface area contributed by atoms with E-state index in [1.807, 2.05) is 0 Å². The van der Waals surface area contributed by atoms with E-state index in [2.05, 4.69) is 118 Å². The van der Waals surface area contributed by atoms with Crippen LogP contribution < -0.4 is 0 Å². The molecule has 1 unspecified atom stereocenters. The van der Waals surface area contributed by atoms with Crippen LogP contribution in [0.4, 0.5) is 0 Å². The maximum Gasteiger partial charge on any atom is 0.306 e. The molecule has 5 heteroatoms. The first-order valence-electron chi connectivity index (χ1n) is 21.8. The van der Waals surface area contributed by atoms with Gasteiger partial charge in [0, 0.05) is 19.4 Å². The van der Waals surface area contributed by atoms with Gasteiger partial charge < -0.3 is 14.2 Å². The molecule has 0 fully saturated rings. The Bertz CT molecular complexity index is 1070. The molecule has 5 nitrogen and oxygen atoms in total. The number of esters is 2. The van der Waals surface area contributed by atoms with Crippen LogP contribution >= 0.6 is 0 Å². The van der Waals surface area contributed by atoms with E-state index in [0.29, 0.717) is 19.4 Å². The quantitative estimate of drug-likeness (QED) is 0.0357. The second-order valence-corrected chi connectivity index (χ2v) is 13.8. The van der Waals surface area contributed by atoms with Crippen molar-refractivity contribution in [3.05, 3.63) is 97.2 Å². The van der Waals surface area contributed by atoms with Gasteiger partial charge >= 0.3 is 11.9 Å². The molecule has 0 amide bonds. The molecule has 0 N–H and O–H groups in total. The lowest BCUT2D eigenvalue weighted by Crippen LogP contribution is -2.30. The SMILES string of the molecule is CC/C=C\C/C=C\C/C=C\C/C=C\C/C=C\CCCCCC(=O)OCC(COCCCCCCCC)OC(=O)CCCCC/C=C\C/C=C\C/C=C\CC. The fourth-order valence-electron chi connectivity index (χ4n) is 5.43. The molecular weight excluding hydrogens is 669 g/mol. The highest BCUT2D eigenvalue weighted by Gasteiger charge is 2.17. The lowest BCUT2D eigenvalue weighted by atomic mass is 10.1. The third-order valence-electron chi connectivity index (χ3n) is 8.62. The summed E-state index contributed by atoms with van der Waals surface area (Å²) in [4.78, 5) is 25.1. The first-order chi connectivity index (χ1) is 26.6. The minimum Gasteiger partial charge on any atom is -0.462 e. The molecule has 306 valence electrons. The highest BCUT2D eigenvalue weighted by Crippen LogP contribution is 2.10. The van der Waals surface area contributed by atoms with Crippen LogP contribution in [-0.2, 0) is 23.8 Å². The predicted octanol–water partition coefficient (Wildman–Crippen LogP) is 14.3. The topological polar surface area (TPSA) is 61.8 Å². The molecule has 0 aliphatic heterocycles. The Labute approximate surface area is 332 Å². The van der Waals surface area contributed by atoms with Crippen LogP contribution in [0, 0.1) is 0 Å². The van der Waals surface area contributed by atoms with Gasteiger partial charge in [-0.05, 0) is 96.3 Å². The number of ether oxygens (including phenoxy) is 3. The smallest absolute Gasteiger partial charge is 0.306 e. The number of hydrogen-bond donors (Lipinski definition) is 0. The average molecular weight is 749 g/mol. The van der Waals surface area contributed by atoms with E-state index in [1.54, 1.807) is 0 Å². The van der Waals surface area contributed by atoms with Gasteiger partial charge in [0.25, 0.3) is 0 Å². The lowest BCUT2D eigenvalue weighted by molar-refractivity contribution is -0.163. The molecule has 0 aromatic rings. The third kappa shape index (κ3) is 41.6. The Morgan fingerprint density at radius 2 is 0.833 bits per heavy atom. The zero-order valence-corrected chi connectivity index (χ0v) is 34.9. The molecule has 0 spiro atoms. The van der Waals surface area contributed by atoms with Crippen LogP contribution in [0.15, 0.2) is 97.2 Å². The molecule has 54 heavy (non-hydrogen) atoms. The summed E-state index contributed by atoms with van der Waals surface area (Å²) >= 11 is 0. The highest BCUT2D eigenvalue weighted by atomic mass is 16.6. The molecule has 1 atom stereocenters.